The topological polar surface area (TPSA) is 52.6 Å². The van der Waals surface area contributed by atoms with Gasteiger partial charge in [-0.25, -0.2) is 0 Å². The van der Waals surface area contributed by atoms with E-state index >= 15 is 0 Å². The van der Waals surface area contributed by atoms with Crippen LogP contribution in [0.25, 0.3) is 0 Å². The predicted molar refractivity (Wildman–Crippen MR) is 68.6 cm³/mol. The summed E-state index contributed by atoms with van der Waals surface area (Å²) in [5.74, 6) is 0.189. The maximum absolute atomic E-state index is 12.7. The molecular weight excluding hydrogens is 256 g/mol. The van der Waals surface area contributed by atoms with E-state index in [-0.39, 0.29) is 22.6 Å². The lowest BCUT2D eigenvalue weighted by Crippen LogP contribution is -2.43. The molecule has 0 amide bonds. The Labute approximate surface area is 116 Å². The first-order valence-electron chi connectivity index (χ1n) is 7.25. The molecule has 6 aliphatic rings. The number of fused-ring (bicyclic) bond motifs is 1. The zero-order valence-corrected chi connectivity index (χ0v) is 11.4. The van der Waals surface area contributed by atoms with Gasteiger partial charge in [-0.1, -0.05) is 12.2 Å². The summed E-state index contributed by atoms with van der Waals surface area (Å²) in [6.45, 7) is 1.18. The van der Waals surface area contributed by atoms with Gasteiger partial charge in [-0.3, -0.25) is 9.59 Å². The Bertz CT molecular complexity index is 635. The Hall–Kier alpha value is -1.42. The molecule has 0 aromatic carbocycles. The van der Waals surface area contributed by atoms with Crippen LogP contribution >= 0.6 is 0 Å². The second kappa shape index (κ2) is 2.93. The second-order valence-corrected chi connectivity index (χ2v) is 6.85. The molecule has 0 saturated heterocycles. The van der Waals surface area contributed by atoms with Crippen molar-refractivity contribution in [1.29, 1.82) is 0 Å². The molecule has 4 fully saturated rings. The fraction of sp³-hybridized carbons (Fsp3) is 0.625. The highest BCUT2D eigenvalue weighted by Crippen LogP contribution is 2.93. The molecule has 1 aliphatic heterocycles. The molecular formula is C16H16O4. The van der Waals surface area contributed by atoms with Gasteiger partial charge < -0.3 is 9.47 Å². The molecule has 4 saturated carbocycles. The summed E-state index contributed by atoms with van der Waals surface area (Å²) in [5.41, 5.74) is 0.834. The number of hydrogen-bond donors (Lipinski definition) is 0. The Morgan fingerprint density at radius 3 is 3.05 bits per heavy atom. The van der Waals surface area contributed by atoms with Gasteiger partial charge in [-0.15, -0.1) is 0 Å². The quantitative estimate of drug-likeness (QED) is 0.535. The van der Waals surface area contributed by atoms with Crippen molar-refractivity contribution < 1.29 is 19.1 Å². The van der Waals surface area contributed by atoms with E-state index < -0.39 is 5.41 Å². The van der Waals surface area contributed by atoms with E-state index in [4.69, 9.17) is 9.47 Å². The Morgan fingerprint density at radius 2 is 2.25 bits per heavy atom. The first-order chi connectivity index (χ1) is 9.64. The third-order valence-electron chi connectivity index (χ3n) is 6.57. The first-order valence-corrected chi connectivity index (χ1v) is 7.25. The van der Waals surface area contributed by atoms with Gasteiger partial charge in [0, 0.05) is 17.3 Å². The molecule has 20 heavy (non-hydrogen) atoms. The zero-order valence-electron chi connectivity index (χ0n) is 11.4. The largest absolute Gasteiger partial charge is 0.468 e. The smallest absolute Gasteiger partial charge is 0.321 e. The van der Waals surface area contributed by atoms with Gasteiger partial charge >= 0.3 is 5.97 Å². The van der Waals surface area contributed by atoms with E-state index in [0.717, 1.165) is 12.8 Å². The minimum absolute atomic E-state index is 0.0946. The van der Waals surface area contributed by atoms with Crippen molar-refractivity contribution in [3.63, 3.8) is 0 Å². The predicted octanol–water partition coefficient (Wildman–Crippen LogP) is 1.41. The lowest BCUT2D eigenvalue weighted by Gasteiger charge is -2.33. The number of methoxy groups -OCH3 is 1. The molecule has 4 heteroatoms. The van der Waals surface area contributed by atoms with Crippen LogP contribution in [0.3, 0.4) is 0 Å². The minimum atomic E-state index is -0.940. The van der Waals surface area contributed by atoms with Crippen molar-refractivity contribution in [2.75, 3.05) is 20.3 Å². The molecule has 104 valence electrons. The highest BCUT2D eigenvalue weighted by molar-refractivity contribution is 6.14. The number of carbonyl (C=O) groups excluding carboxylic acids is 2. The fourth-order valence-electron chi connectivity index (χ4n) is 6.20. The van der Waals surface area contributed by atoms with Gasteiger partial charge in [0.25, 0.3) is 0 Å². The van der Waals surface area contributed by atoms with Gasteiger partial charge in [0.1, 0.15) is 5.41 Å². The first kappa shape index (κ1) is 11.3. The number of Topliss-reactive ketones (excluding diaryl/α,β-unsaturated/α-hetero) is 1. The van der Waals surface area contributed by atoms with Crippen LogP contribution in [0.15, 0.2) is 23.3 Å². The maximum Gasteiger partial charge on any atom is 0.321 e. The highest BCUT2D eigenvalue weighted by Gasteiger charge is 2.98. The van der Waals surface area contributed by atoms with Crippen molar-refractivity contribution >= 4 is 11.8 Å². The molecule has 0 radical (unpaired) electrons. The van der Waals surface area contributed by atoms with Crippen molar-refractivity contribution in [2.24, 2.45) is 22.2 Å². The Kier molecular flexibility index (Phi) is 1.65. The van der Waals surface area contributed by atoms with E-state index in [2.05, 4.69) is 12.2 Å². The number of allylic oxidation sites excluding steroid dienone is 1. The van der Waals surface area contributed by atoms with Crippen LogP contribution in [0, 0.1) is 22.2 Å². The number of carbonyl (C=O) groups is 2. The molecule has 4 bridgehead atoms. The second-order valence-electron chi connectivity index (χ2n) is 6.85. The summed E-state index contributed by atoms with van der Waals surface area (Å²) in [6.07, 6.45) is 6.65. The van der Waals surface area contributed by atoms with Crippen molar-refractivity contribution in [2.45, 2.75) is 19.3 Å². The van der Waals surface area contributed by atoms with Crippen molar-refractivity contribution in [3.8, 4) is 0 Å². The SMILES string of the molecule is COC(=O)C12C(=O)C[C@@H]3C[C@]14C=CC1=C(COC1)[C@]24C3. The number of rotatable bonds is 1. The van der Waals surface area contributed by atoms with Gasteiger partial charge in [0.05, 0.1) is 20.3 Å². The summed E-state index contributed by atoms with van der Waals surface area (Å²) in [7, 11) is 1.40. The van der Waals surface area contributed by atoms with E-state index in [9.17, 15) is 9.59 Å². The van der Waals surface area contributed by atoms with E-state index in [1.165, 1.54) is 18.3 Å². The summed E-state index contributed by atoms with van der Waals surface area (Å²) in [6, 6.07) is 0. The fourth-order valence-corrected chi connectivity index (χ4v) is 6.20. The van der Waals surface area contributed by atoms with Gasteiger partial charge in [-0.05, 0) is 29.9 Å². The van der Waals surface area contributed by atoms with Gasteiger partial charge in [0.2, 0.25) is 0 Å². The summed E-state index contributed by atoms with van der Waals surface area (Å²) < 4.78 is 10.7. The molecule has 1 heterocycles. The van der Waals surface area contributed by atoms with Gasteiger partial charge in [-0.2, -0.15) is 0 Å². The molecule has 4 nitrogen and oxygen atoms in total. The van der Waals surface area contributed by atoms with Crippen LogP contribution < -0.4 is 0 Å². The molecule has 2 spiro atoms. The molecule has 6 rings (SSSR count). The third kappa shape index (κ3) is 0.743. The molecule has 5 aliphatic carbocycles. The van der Waals surface area contributed by atoms with Gasteiger partial charge in [0.15, 0.2) is 5.78 Å². The summed E-state index contributed by atoms with van der Waals surface area (Å²) in [5, 5.41) is 0. The molecule has 0 aromatic rings. The normalized spacial score (nSPS) is 50.0. The van der Waals surface area contributed by atoms with Crippen LogP contribution in [0.5, 0.6) is 0 Å². The van der Waals surface area contributed by atoms with Crippen molar-refractivity contribution in [1.82, 2.24) is 0 Å². The van der Waals surface area contributed by atoms with E-state index in [0.29, 0.717) is 25.6 Å². The summed E-state index contributed by atoms with van der Waals surface area (Å²) in [4.78, 5) is 25.3. The molecule has 1 unspecified atom stereocenters. The highest BCUT2D eigenvalue weighted by atomic mass is 16.5. The van der Waals surface area contributed by atoms with E-state index in [1.807, 2.05) is 0 Å². The lowest BCUT2D eigenvalue weighted by molar-refractivity contribution is -0.157. The monoisotopic (exact) mass is 272 g/mol. The Balaban J connectivity index is 1.81. The van der Waals surface area contributed by atoms with Crippen LogP contribution in [-0.2, 0) is 19.1 Å². The lowest BCUT2D eigenvalue weighted by atomic mass is 9.68. The number of hydrogen-bond acceptors (Lipinski definition) is 4. The molecule has 0 aromatic heterocycles. The maximum atomic E-state index is 12.7. The minimum Gasteiger partial charge on any atom is -0.468 e. The van der Waals surface area contributed by atoms with Crippen molar-refractivity contribution in [3.05, 3.63) is 23.3 Å². The van der Waals surface area contributed by atoms with E-state index in [1.54, 1.807) is 0 Å². The van der Waals surface area contributed by atoms with Crippen LogP contribution in [0.4, 0.5) is 0 Å². The zero-order chi connectivity index (χ0) is 13.8. The average Bonchev–Trinajstić information content (AvgIpc) is 2.78. The molecule has 0 N–H and O–H groups in total. The number of ether oxygens (including phenoxy) is 2. The number of ketones is 1. The number of esters is 1. The van der Waals surface area contributed by atoms with Crippen LogP contribution in [0.2, 0.25) is 0 Å². The van der Waals surface area contributed by atoms with Crippen LogP contribution in [0.1, 0.15) is 19.3 Å². The average molecular weight is 272 g/mol. The molecule has 4 atom stereocenters. The standard InChI is InChI=1S/C16H16O4/c1-19-13(18)16-12(17)4-9-5-14(16)3-2-10-7-20-8-11(10)15(14,16)6-9/h2-3,9H,4-8H2,1H3/t9-,14+,15+,16?/m1/s1. The summed E-state index contributed by atoms with van der Waals surface area (Å²) >= 11 is 0. The third-order valence-corrected chi connectivity index (χ3v) is 6.57. The Morgan fingerprint density at radius 1 is 1.40 bits per heavy atom. The van der Waals surface area contributed by atoms with Crippen LogP contribution in [-0.4, -0.2) is 32.1 Å².